The van der Waals surface area contributed by atoms with Crippen molar-refractivity contribution in [2.45, 2.75) is 19.6 Å². The average Bonchev–Trinajstić information content (AvgIpc) is 2.19. The maximum absolute atomic E-state index is 10.8. The highest BCUT2D eigenvalue weighted by Gasteiger charge is 2.13. The van der Waals surface area contributed by atoms with Gasteiger partial charge in [-0.3, -0.25) is 15.0 Å². The van der Waals surface area contributed by atoms with Crippen molar-refractivity contribution in [2.75, 3.05) is 13.6 Å². The fraction of sp³-hybridized carbons (Fsp3) is 0.455. The van der Waals surface area contributed by atoms with Crippen molar-refractivity contribution in [3.05, 3.63) is 38.3 Å². The van der Waals surface area contributed by atoms with Crippen LogP contribution in [0.1, 0.15) is 12.5 Å². The minimum atomic E-state index is -0.414. The lowest BCUT2D eigenvalue weighted by Gasteiger charge is -2.18. The Bertz CT molecular complexity index is 410. The summed E-state index contributed by atoms with van der Waals surface area (Å²) >= 11 is 3.14. The van der Waals surface area contributed by atoms with Gasteiger partial charge in [0.2, 0.25) is 0 Å². The third kappa shape index (κ3) is 4.41. The van der Waals surface area contributed by atoms with Crippen molar-refractivity contribution in [1.29, 1.82) is 0 Å². The molecule has 6 heteroatoms. The highest BCUT2D eigenvalue weighted by molar-refractivity contribution is 9.10. The van der Waals surface area contributed by atoms with Gasteiger partial charge in [-0.05, 0) is 41.5 Å². The number of hydrogen-bond donors (Lipinski definition) is 1. The second kappa shape index (κ2) is 6.09. The van der Waals surface area contributed by atoms with E-state index < -0.39 is 11.0 Å². The van der Waals surface area contributed by atoms with Crippen molar-refractivity contribution < 1.29 is 10.0 Å². The maximum atomic E-state index is 10.8. The van der Waals surface area contributed by atoms with Gasteiger partial charge in [-0.1, -0.05) is 6.07 Å². The van der Waals surface area contributed by atoms with Gasteiger partial charge < -0.3 is 5.11 Å². The summed E-state index contributed by atoms with van der Waals surface area (Å²) in [6, 6.07) is 5.04. The van der Waals surface area contributed by atoms with E-state index in [4.69, 9.17) is 0 Å². The summed E-state index contributed by atoms with van der Waals surface area (Å²) < 4.78 is 0.476. The van der Waals surface area contributed by atoms with E-state index in [2.05, 4.69) is 15.9 Å². The zero-order valence-corrected chi connectivity index (χ0v) is 11.3. The highest BCUT2D eigenvalue weighted by Crippen LogP contribution is 2.25. The fourth-order valence-corrected chi connectivity index (χ4v) is 2.02. The Morgan fingerprint density at radius 2 is 2.24 bits per heavy atom. The van der Waals surface area contributed by atoms with Gasteiger partial charge in [0, 0.05) is 19.2 Å². The van der Waals surface area contributed by atoms with Crippen molar-refractivity contribution >= 4 is 21.6 Å². The van der Waals surface area contributed by atoms with E-state index in [1.54, 1.807) is 19.1 Å². The summed E-state index contributed by atoms with van der Waals surface area (Å²) in [6.45, 7) is 2.81. The Hall–Kier alpha value is -0.980. The van der Waals surface area contributed by atoms with Gasteiger partial charge in [-0.15, -0.1) is 0 Å². The Balaban J connectivity index is 2.79. The van der Waals surface area contributed by atoms with Crippen LogP contribution in [0.4, 0.5) is 5.69 Å². The standard InChI is InChI=1S/C11H15BrN2O3/c1-8(15)6-13(2)7-9-3-4-10(12)11(5-9)14(16)17/h3-5,8,15H,6-7H2,1-2H3. The fourth-order valence-electron chi connectivity index (χ4n) is 1.62. The smallest absolute Gasteiger partial charge is 0.283 e. The van der Waals surface area contributed by atoms with Crippen molar-refractivity contribution in [2.24, 2.45) is 0 Å². The monoisotopic (exact) mass is 302 g/mol. The third-order valence-corrected chi connectivity index (χ3v) is 2.91. The Labute approximate surface area is 108 Å². The number of aliphatic hydroxyl groups excluding tert-OH is 1. The molecule has 1 rings (SSSR count). The molecular weight excluding hydrogens is 288 g/mol. The molecule has 0 aliphatic carbocycles. The molecule has 17 heavy (non-hydrogen) atoms. The zero-order chi connectivity index (χ0) is 13.0. The molecule has 1 aromatic carbocycles. The lowest BCUT2D eigenvalue weighted by molar-refractivity contribution is -0.385. The molecule has 0 amide bonds. The molecule has 0 bridgehead atoms. The quantitative estimate of drug-likeness (QED) is 0.669. The molecule has 0 heterocycles. The van der Waals surface area contributed by atoms with Gasteiger partial charge >= 0.3 is 0 Å². The molecule has 0 aliphatic heterocycles. The minimum absolute atomic E-state index is 0.0629. The van der Waals surface area contributed by atoms with Crippen LogP contribution in [0.25, 0.3) is 0 Å². The summed E-state index contributed by atoms with van der Waals surface area (Å²) in [6.07, 6.45) is -0.412. The van der Waals surface area contributed by atoms with E-state index in [0.29, 0.717) is 17.6 Å². The predicted molar refractivity (Wildman–Crippen MR) is 68.8 cm³/mol. The number of hydrogen-bond acceptors (Lipinski definition) is 4. The van der Waals surface area contributed by atoms with E-state index in [1.165, 1.54) is 0 Å². The number of nitrogens with zero attached hydrogens (tertiary/aromatic N) is 2. The maximum Gasteiger partial charge on any atom is 0.283 e. The van der Waals surface area contributed by atoms with E-state index in [0.717, 1.165) is 5.56 Å². The number of nitro benzene ring substituents is 1. The average molecular weight is 303 g/mol. The van der Waals surface area contributed by atoms with Crippen LogP contribution in [0.15, 0.2) is 22.7 Å². The predicted octanol–water partition coefficient (Wildman–Crippen LogP) is 2.17. The molecule has 1 aromatic rings. The van der Waals surface area contributed by atoms with E-state index in [9.17, 15) is 15.2 Å². The van der Waals surface area contributed by atoms with Crippen LogP contribution in [0.3, 0.4) is 0 Å². The van der Waals surface area contributed by atoms with Crippen LogP contribution in [0.2, 0.25) is 0 Å². The molecule has 0 fully saturated rings. The van der Waals surface area contributed by atoms with E-state index in [1.807, 2.05) is 18.0 Å². The van der Waals surface area contributed by atoms with Gasteiger partial charge in [-0.2, -0.15) is 0 Å². The molecule has 1 unspecified atom stereocenters. The molecule has 1 N–H and O–H groups in total. The number of likely N-dealkylation sites (N-methyl/N-ethyl adjacent to an activating group) is 1. The number of rotatable bonds is 5. The third-order valence-electron chi connectivity index (χ3n) is 2.24. The largest absolute Gasteiger partial charge is 0.392 e. The molecule has 0 saturated heterocycles. The normalized spacial score (nSPS) is 12.8. The molecule has 0 aromatic heterocycles. The number of benzene rings is 1. The van der Waals surface area contributed by atoms with Gasteiger partial charge in [0.1, 0.15) is 0 Å². The number of halogens is 1. The van der Waals surface area contributed by atoms with Crippen LogP contribution >= 0.6 is 15.9 Å². The van der Waals surface area contributed by atoms with Crippen molar-refractivity contribution in [3.63, 3.8) is 0 Å². The first-order chi connectivity index (χ1) is 7.90. The Morgan fingerprint density at radius 1 is 1.59 bits per heavy atom. The zero-order valence-electron chi connectivity index (χ0n) is 9.76. The lowest BCUT2D eigenvalue weighted by Crippen LogP contribution is -2.26. The van der Waals surface area contributed by atoms with Gasteiger partial charge in [0.15, 0.2) is 0 Å². The molecule has 0 radical (unpaired) electrons. The lowest BCUT2D eigenvalue weighted by atomic mass is 10.2. The number of aliphatic hydroxyl groups is 1. The molecule has 5 nitrogen and oxygen atoms in total. The van der Waals surface area contributed by atoms with Gasteiger partial charge in [0.05, 0.1) is 15.5 Å². The first-order valence-corrected chi connectivity index (χ1v) is 5.99. The second-order valence-electron chi connectivity index (χ2n) is 4.09. The summed E-state index contributed by atoms with van der Waals surface area (Å²) in [5.74, 6) is 0. The minimum Gasteiger partial charge on any atom is -0.392 e. The van der Waals surface area contributed by atoms with Gasteiger partial charge in [0.25, 0.3) is 5.69 Å². The molecular formula is C11H15BrN2O3. The summed E-state index contributed by atoms with van der Waals surface area (Å²) in [7, 11) is 1.86. The van der Waals surface area contributed by atoms with Crippen LogP contribution in [-0.2, 0) is 6.54 Å². The van der Waals surface area contributed by atoms with Crippen LogP contribution in [-0.4, -0.2) is 34.6 Å². The molecule has 94 valence electrons. The Kier molecular flexibility index (Phi) is 5.04. The van der Waals surface area contributed by atoms with Crippen LogP contribution in [0.5, 0.6) is 0 Å². The SMILES string of the molecule is CC(O)CN(C)Cc1ccc(Br)c([N+](=O)[O-])c1. The molecule has 1 atom stereocenters. The molecule has 0 aliphatic rings. The van der Waals surface area contributed by atoms with E-state index in [-0.39, 0.29) is 5.69 Å². The first-order valence-electron chi connectivity index (χ1n) is 5.19. The van der Waals surface area contributed by atoms with E-state index >= 15 is 0 Å². The van der Waals surface area contributed by atoms with Crippen LogP contribution < -0.4 is 0 Å². The van der Waals surface area contributed by atoms with Gasteiger partial charge in [-0.25, -0.2) is 0 Å². The van der Waals surface area contributed by atoms with Crippen molar-refractivity contribution in [3.8, 4) is 0 Å². The first kappa shape index (κ1) is 14.1. The number of nitro groups is 1. The summed E-state index contributed by atoms with van der Waals surface area (Å²) in [5, 5.41) is 20.0. The molecule has 0 spiro atoms. The summed E-state index contributed by atoms with van der Waals surface area (Å²) in [4.78, 5) is 12.3. The second-order valence-corrected chi connectivity index (χ2v) is 4.94. The molecule has 0 saturated carbocycles. The van der Waals surface area contributed by atoms with Crippen molar-refractivity contribution in [1.82, 2.24) is 4.90 Å². The topological polar surface area (TPSA) is 66.6 Å². The van der Waals surface area contributed by atoms with Crippen LogP contribution in [0, 0.1) is 10.1 Å². The summed E-state index contributed by atoms with van der Waals surface area (Å²) in [5.41, 5.74) is 0.913. The Morgan fingerprint density at radius 3 is 2.76 bits per heavy atom. The highest BCUT2D eigenvalue weighted by atomic mass is 79.9.